The maximum Gasteiger partial charge on any atom is 0.341 e. The Morgan fingerprint density at radius 1 is 1.35 bits per heavy atom. The van der Waals surface area contributed by atoms with Crippen molar-refractivity contribution in [2.45, 2.75) is 26.2 Å². The largest absolute Gasteiger partial charge is 0.462 e. The first-order valence-electron chi connectivity index (χ1n) is 8.26. The molecule has 1 aromatic carbocycles. The van der Waals surface area contributed by atoms with Gasteiger partial charge in [0.05, 0.1) is 18.4 Å². The SMILES string of the molecule is CCOC(=O)c1c(NC(=O)NN=Cc2ccccc2Cl)sc2c1CCC2. The molecule has 0 aliphatic heterocycles. The van der Waals surface area contributed by atoms with Gasteiger partial charge in [0.25, 0.3) is 0 Å². The van der Waals surface area contributed by atoms with E-state index in [1.54, 1.807) is 19.1 Å². The molecule has 8 heteroatoms. The number of thiophene rings is 1. The van der Waals surface area contributed by atoms with Gasteiger partial charge in [-0.2, -0.15) is 5.10 Å². The fraction of sp³-hybridized carbons (Fsp3) is 0.278. The minimum atomic E-state index is -0.529. The molecule has 3 rings (SSSR count). The van der Waals surface area contributed by atoms with Crippen LogP contribution in [0.1, 0.15) is 39.7 Å². The number of benzene rings is 1. The molecular formula is C18H18ClN3O3S. The van der Waals surface area contributed by atoms with Crippen LogP contribution in [0.15, 0.2) is 29.4 Å². The van der Waals surface area contributed by atoms with Crippen LogP contribution in [0.4, 0.5) is 9.80 Å². The van der Waals surface area contributed by atoms with Crippen LogP contribution in [0.3, 0.4) is 0 Å². The molecule has 2 N–H and O–H groups in total. The number of esters is 1. The smallest absolute Gasteiger partial charge is 0.341 e. The van der Waals surface area contributed by atoms with Gasteiger partial charge >= 0.3 is 12.0 Å². The van der Waals surface area contributed by atoms with Gasteiger partial charge in [0, 0.05) is 15.5 Å². The molecule has 1 aliphatic carbocycles. The van der Waals surface area contributed by atoms with E-state index in [2.05, 4.69) is 15.8 Å². The van der Waals surface area contributed by atoms with Gasteiger partial charge in [-0.05, 0) is 37.8 Å². The van der Waals surface area contributed by atoms with E-state index >= 15 is 0 Å². The first kappa shape index (κ1) is 18.4. The third-order valence-corrected chi connectivity index (χ3v) is 5.45. The van der Waals surface area contributed by atoms with E-state index in [1.165, 1.54) is 17.6 Å². The number of carbonyl (C=O) groups excluding carboxylic acids is 2. The van der Waals surface area contributed by atoms with E-state index in [-0.39, 0.29) is 6.61 Å². The molecule has 0 bridgehead atoms. The van der Waals surface area contributed by atoms with Gasteiger partial charge in [0.15, 0.2) is 0 Å². The maximum atomic E-state index is 12.3. The third-order valence-electron chi connectivity index (χ3n) is 3.90. The zero-order chi connectivity index (χ0) is 18.5. The topological polar surface area (TPSA) is 79.8 Å². The lowest BCUT2D eigenvalue weighted by Gasteiger charge is -2.07. The van der Waals surface area contributed by atoms with Crippen LogP contribution in [0.25, 0.3) is 0 Å². The summed E-state index contributed by atoms with van der Waals surface area (Å²) in [5.74, 6) is -0.401. The Morgan fingerprint density at radius 2 is 2.15 bits per heavy atom. The van der Waals surface area contributed by atoms with Gasteiger partial charge < -0.3 is 4.74 Å². The molecule has 6 nitrogen and oxygen atoms in total. The summed E-state index contributed by atoms with van der Waals surface area (Å²) in [5.41, 5.74) is 4.53. The lowest BCUT2D eigenvalue weighted by molar-refractivity contribution is 0.0527. The molecule has 0 spiro atoms. The molecule has 26 heavy (non-hydrogen) atoms. The summed E-state index contributed by atoms with van der Waals surface area (Å²) in [5, 5.41) is 7.63. The van der Waals surface area contributed by atoms with Crippen LogP contribution in [0, 0.1) is 0 Å². The second-order valence-electron chi connectivity index (χ2n) is 5.63. The van der Waals surface area contributed by atoms with Crippen molar-refractivity contribution in [2.75, 3.05) is 11.9 Å². The van der Waals surface area contributed by atoms with Crippen molar-refractivity contribution < 1.29 is 14.3 Å². The summed E-state index contributed by atoms with van der Waals surface area (Å²) in [6, 6.07) is 6.63. The van der Waals surface area contributed by atoms with Crippen molar-refractivity contribution >= 4 is 46.2 Å². The highest BCUT2D eigenvalue weighted by Gasteiger charge is 2.28. The highest BCUT2D eigenvalue weighted by molar-refractivity contribution is 7.17. The fourth-order valence-electron chi connectivity index (χ4n) is 2.78. The van der Waals surface area contributed by atoms with E-state index in [1.807, 2.05) is 12.1 Å². The van der Waals surface area contributed by atoms with Gasteiger partial charge in [-0.25, -0.2) is 15.0 Å². The predicted molar refractivity (Wildman–Crippen MR) is 104 cm³/mol. The predicted octanol–water partition coefficient (Wildman–Crippen LogP) is 4.22. The lowest BCUT2D eigenvalue weighted by Crippen LogP contribution is -2.25. The van der Waals surface area contributed by atoms with Gasteiger partial charge in [-0.15, -0.1) is 11.3 Å². The Kier molecular flexibility index (Phi) is 5.90. The summed E-state index contributed by atoms with van der Waals surface area (Å²) in [7, 11) is 0. The first-order valence-corrected chi connectivity index (χ1v) is 9.45. The third kappa shape index (κ3) is 4.05. The summed E-state index contributed by atoms with van der Waals surface area (Å²) in [6.45, 7) is 2.05. The average molecular weight is 392 g/mol. The van der Waals surface area contributed by atoms with Crippen molar-refractivity contribution in [3.05, 3.63) is 50.9 Å². The van der Waals surface area contributed by atoms with E-state index < -0.39 is 12.0 Å². The number of fused-ring (bicyclic) bond motifs is 1. The molecule has 0 saturated carbocycles. The van der Waals surface area contributed by atoms with Crippen molar-refractivity contribution in [2.24, 2.45) is 5.10 Å². The number of amides is 2. The van der Waals surface area contributed by atoms with Crippen LogP contribution >= 0.6 is 22.9 Å². The van der Waals surface area contributed by atoms with Crippen molar-refractivity contribution in [1.29, 1.82) is 0 Å². The first-order chi connectivity index (χ1) is 12.6. The van der Waals surface area contributed by atoms with E-state index in [9.17, 15) is 9.59 Å². The average Bonchev–Trinajstić information content (AvgIpc) is 3.17. The van der Waals surface area contributed by atoms with Crippen molar-refractivity contribution in [1.82, 2.24) is 5.43 Å². The number of urea groups is 1. The normalized spacial score (nSPS) is 12.8. The van der Waals surface area contributed by atoms with E-state index in [0.29, 0.717) is 21.2 Å². The summed E-state index contributed by atoms with van der Waals surface area (Å²) >= 11 is 7.45. The van der Waals surface area contributed by atoms with E-state index in [4.69, 9.17) is 16.3 Å². The number of hydrogen-bond donors (Lipinski definition) is 2. The number of nitrogens with one attached hydrogen (secondary N) is 2. The van der Waals surface area contributed by atoms with Crippen LogP contribution in [-0.2, 0) is 17.6 Å². The summed E-state index contributed by atoms with van der Waals surface area (Å²) < 4.78 is 5.14. The molecule has 2 amide bonds. The Bertz CT molecular complexity index is 863. The van der Waals surface area contributed by atoms with Crippen molar-refractivity contribution in [3.63, 3.8) is 0 Å². The molecule has 0 fully saturated rings. The number of anilines is 1. The molecule has 1 heterocycles. The van der Waals surface area contributed by atoms with Crippen LogP contribution in [-0.4, -0.2) is 24.8 Å². The second-order valence-corrected chi connectivity index (χ2v) is 7.14. The minimum absolute atomic E-state index is 0.289. The monoisotopic (exact) mass is 391 g/mol. The zero-order valence-electron chi connectivity index (χ0n) is 14.2. The molecule has 2 aromatic rings. The number of hydrogen-bond acceptors (Lipinski definition) is 5. The summed E-state index contributed by atoms with van der Waals surface area (Å²) in [6.07, 6.45) is 4.22. The minimum Gasteiger partial charge on any atom is -0.462 e. The molecular weight excluding hydrogens is 374 g/mol. The highest BCUT2D eigenvalue weighted by Crippen LogP contribution is 2.39. The van der Waals surface area contributed by atoms with Gasteiger partial charge in [0.1, 0.15) is 5.00 Å². The highest BCUT2D eigenvalue weighted by atomic mass is 35.5. The zero-order valence-corrected chi connectivity index (χ0v) is 15.7. The van der Waals surface area contributed by atoms with Gasteiger partial charge in [-0.3, -0.25) is 5.32 Å². The molecule has 0 unspecified atom stereocenters. The van der Waals surface area contributed by atoms with E-state index in [0.717, 1.165) is 29.7 Å². The standard InChI is InChI=1S/C18H18ClN3O3S/c1-2-25-17(23)15-12-7-5-9-14(12)26-16(15)21-18(24)22-20-10-11-6-3-4-8-13(11)19/h3-4,6,8,10H,2,5,7,9H2,1H3,(H2,21,22,24). The van der Waals surface area contributed by atoms with Crippen LogP contribution in [0.2, 0.25) is 5.02 Å². The maximum absolute atomic E-state index is 12.3. The number of carbonyl (C=O) groups is 2. The van der Waals surface area contributed by atoms with Gasteiger partial charge in [0.2, 0.25) is 0 Å². The molecule has 0 atom stereocenters. The molecule has 0 saturated heterocycles. The van der Waals surface area contributed by atoms with Gasteiger partial charge in [-0.1, -0.05) is 29.8 Å². The Labute approximate surface area is 160 Å². The quantitative estimate of drug-likeness (QED) is 0.455. The number of hydrazone groups is 1. The van der Waals surface area contributed by atoms with Crippen LogP contribution in [0.5, 0.6) is 0 Å². The number of aryl methyl sites for hydroxylation is 1. The second kappa shape index (κ2) is 8.33. The molecule has 1 aliphatic rings. The Balaban J connectivity index is 1.70. The Hall–Kier alpha value is -2.38. The summed E-state index contributed by atoms with van der Waals surface area (Å²) in [4.78, 5) is 25.5. The Morgan fingerprint density at radius 3 is 2.92 bits per heavy atom. The van der Waals surface area contributed by atoms with Crippen LogP contribution < -0.4 is 10.7 Å². The molecule has 0 radical (unpaired) electrons. The molecule has 136 valence electrons. The lowest BCUT2D eigenvalue weighted by atomic mass is 10.1. The van der Waals surface area contributed by atoms with Crippen molar-refractivity contribution in [3.8, 4) is 0 Å². The number of rotatable bonds is 5. The number of halogens is 1. The number of nitrogens with zero attached hydrogens (tertiary/aromatic N) is 1. The molecule has 1 aromatic heterocycles. The fourth-order valence-corrected chi connectivity index (χ4v) is 4.24. The number of ether oxygens (including phenoxy) is 1.